The van der Waals surface area contributed by atoms with Gasteiger partial charge in [0.05, 0.1) is 15.9 Å². The molecule has 1 unspecified atom stereocenters. The van der Waals surface area contributed by atoms with Crippen LogP contribution in [0.5, 0.6) is 0 Å². The average Bonchev–Trinajstić information content (AvgIpc) is 2.48. The van der Waals surface area contributed by atoms with Crippen LogP contribution < -0.4 is 5.32 Å². The molecule has 2 aromatic rings. The number of benzene rings is 2. The zero-order valence-electron chi connectivity index (χ0n) is 11.0. The van der Waals surface area contributed by atoms with E-state index >= 15 is 0 Å². The summed E-state index contributed by atoms with van der Waals surface area (Å²) in [5, 5.41) is 13.3. The number of nitrogens with one attached hydrogen (secondary N) is 1. The van der Waals surface area contributed by atoms with Crippen LogP contribution in [0.25, 0.3) is 0 Å². The number of amides is 1. The number of hydrogen-bond donors (Lipinski definition) is 1. The van der Waals surface area contributed by atoms with Gasteiger partial charge in [0, 0.05) is 17.0 Å². The predicted octanol–water partition coefficient (Wildman–Crippen LogP) is 3.25. The van der Waals surface area contributed by atoms with Crippen molar-refractivity contribution in [1.29, 1.82) is 0 Å². The molecular formula is C15H12N2O3S. The summed E-state index contributed by atoms with van der Waals surface area (Å²) in [6, 6.07) is 14.0. The third kappa shape index (κ3) is 2.90. The molecule has 2 aromatic carbocycles. The van der Waals surface area contributed by atoms with Gasteiger partial charge in [0.1, 0.15) is 0 Å². The lowest BCUT2D eigenvalue weighted by Crippen LogP contribution is -2.30. The van der Waals surface area contributed by atoms with Gasteiger partial charge in [-0.3, -0.25) is 14.9 Å². The Morgan fingerprint density at radius 3 is 2.57 bits per heavy atom. The second-order valence-electron chi connectivity index (χ2n) is 4.72. The number of carbonyl (C=O) groups excluding carboxylic acids is 1. The van der Waals surface area contributed by atoms with E-state index in [0.29, 0.717) is 6.42 Å². The van der Waals surface area contributed by atoms with Crippen molar-refractivity contribution < 1.29 is 9.72 Å². The van der Waals surface area contributed by atoms with E-state index in [9.17, 15) is 14.9 Å². The highest BCUT2D eigenvalue weighted by Gasteiger charge is 2.26. The summed E-state index contributed by atoms with van der Waals surface area (Å²) in [5.74, 6) is -0.0305. The minimum absolute atomic E-state index is 0.0305. The number of hydrogen-bond acceptors (Lipinski definition) is 4. The first-order chi connectivity index (χ1) is 10.1. The molecule has 21 heavy (non-hydrogen) atoms. The maximum Gasteiger partial charge on any atom is 0.269 e. The minimum Gasteiger partial charge on any atom is -0.324 e. The van der Waals surface area contributed by atoms with Crippen LogP contribution in [0, 0.1) is 10.1 Å². The van der Waals surface area contributed by atoms with Gasteiger partial charge in [0.25, 0.3) is 5.69 Å². The van der Waals surface area contributed by atoms with Crippen LogP contribution in [0.3, 0.4) is 0 Å². The van der Waals surface area contributed by atoms with E-state index < -0.39 is 4.92 Å². The van der Waals surface area contributed by atoms with Gasteiger partial charge in [-0.05, 0) is 24.1 Å². The molecule has 106 valence electrons. The molecule has 0 radical (unpaired) electrons. The molecule has 0 fully saturated rings. The average molecular weight is 300 g/mol. The zero-order chi connectivity index (χ0) is 14.8. The Bertz CT molecular complexity index is 700. The molecule has 1 N–H and O–H groups in total. The van der Waals surface area contributed by atoms with Gasteiger partial charge in [0.15, 0.2) is 0 Å². The number of carbonyl (C=O) groups is 1. The molecule has 1 aliphatic heterocycles. The van der Waals surface area contributed by atoms with Gasteiger partial charge < -0.3 is 5.32 Å². The molecule has 5 nitrogen and oxygen atoms in total. The van der Waals surface area contributed by atoms with Gasteiger partial charge in [-0.2, -0.15) is 0 Å². The third-order valence-electron chi connectivity index (χ3n) is 3.27. The number of anilines is 1. The number of nitro benzene ring substituents is 1. The van der Waals surface area contributed by atoms with E-state index in [4.69, 9.17) is 0 Å². The Labute approximate surface area is 125 Å². The second-order valence-corrected chi connectivity index (χ2v) is 5.96. The summed E-state index contributed by atoms with van der Waals surface area (Å²) in [4.78, 5) is 23.3. The van der Waals surface area contributed by atoms with Gasteiger partial charge in [-0.15, -0.1) is 11.8 Å². The first-order valence-corrected chi connectivity index (χ1v) is 7.31. The third-order valence-corrected chi connectivity index (χ3v) is 4.55. The number of non-ortho nitro benzene ring substituents is 1. The summed E-state index contributed by atoms with van der Waals surface area (Å²) < 4.78 is 0. The molecular weight excluding hydrogens is 288 g/mol. The molecule has 1 heterocycles. The highest BCUT2D eigenvalue weighted by atomic mass is 32.2. The standard InChI is InChI=1S/C15H12N2O3S/c18-15-14(21-13-4-2-1-3-12(13)16-15)9-10-5-7-11(8-6-10)17(19)20/h1-8,14H,9H2,(H,16,18). The van der Waals surface area contributed by atoms with E-state index in [-0.39, 0.29) is 16.8 Å². The van der Waals surface area contributed by atoms with E-state index in [1.54, 1.807) is 12.1 Å². The van der Waals surface area contributed by atoms with Crippen molar-refractivity contribution in [2.24, 2.45) is 0 Å². The summed E-state index contributed by atoms with van der Waals surface area (Å²) in [6.45, 7) is 0. The number of para-hydroxylation sites is 1. The fourth-order valence-corrected chi connectivity index (χ4v) is 3.35. The zero-order valence-corrected chi connectivity index (χ0v) is 11.8. The van der Waals surface area contributed by atoms with Gasteiger partial charge in [-0.1, -0.05) is 24.3 Å². The smallest absolute Gasteiger partial charge is 0.269 e. The largest absolute Gasteiger partial charge is 0.324 e. The Balaban J connectivity index is 1.76. The van der Waals surface area contributed by atoms with Gasteiger partial charge in [0.2, 0.25) is 5.91 Å². The summed E-state index contributed by atoms with van der Waals surface area (Å²) >= 11 is 1.52. The maximum absolute atomic E-state index is 12.1. The topological polar surface area (TPSA) is 72.2 Å². The molecule has 0 bridgehead atoms. The molecule has 0 saturated heterocycles. The number of nitro groups is 1. The highest BCUT2D eigenvalue weighted by Crippen LogP contribution is 2.36. The lowest BCUT2D eigenvalue weighted by Gasteiger charge is -2.23. The molecule has 1 atom stereocenters. The fourth-order valence-electron chi connectivity index (χ4n) is 2.19. The van der Waals surface area contributed by atoms with Crippen LogP contribution in [0.2, 0.25) is 0 Å². The van der Waals surface area contributed by atoms with Crippen molar-refractivity contribution in [3.05, 3.63) is 64.2 Å². The Morgan fingerprint density at radius 2 is 1.86 bits per heavy atom. The number of fused-ring (bicyclic) bond motifs is 1. The van der Waals surface area contributed by atoms with Gasteiger partial charge in [-0.25, -0.2) is 0 Å². The molecule has 3 rings (SSSR count). The van der Waals surface area contributed by atoms with Crippen LogP contribution in [-0.4, -0.2) is 16.1 Å². The van der Waals surface area contributed by atoms with Gasteiger partial charge >= 0.3 is 0 Å². The normalized spacial score (nSPS) is 17.0. The van der Waals surface area contributed by atoms with Crippen molar-refractivity contribution in [2.45, 2.75) is 16.6 Å². The fraction of sp³-hybridized carbons (Fsp3) is 0.133. The van der Waals surface area contributed by atoms with Crippen molar-refractivity contribution in [2.75, 3.05) is 5.32 Å². The van der Waals surface area contributed by atoms with E-state index in [1.807, 2.05) is 24.3 Å². The summed E-state index contributed by atoms with van der Waals surface area (Å²) in [7, 11) is 0. The quantitative estimate of drug-likeness (QED) is 0.697. The summed E-state index contributed by atoms with van der Waals surface area (Å²) in [5.41, 5.74) is 1.81. The molecule has 0 aromatic heterocycles. The first-order valence-electron chi connectivity index (χ1n) is 6.43. The minimum atomic E-state index is -0.428. The van der Waals surface area contributed by atoms with Crippen LogP contribution in [-0.2, 0) is 11.2 Å². The molecule has 0 spiro atoms. The molecule has 0 aliphatic carbocycles. The Hall–Kier alpha value is -2.34. The second kappa shape index (κ2) is 5.57. The van der Waals surface area contributed by atoms with Crippen molar-refractivity contribution in [3.8, 4) is 0 Å². The number of nitrogens with zero attached hydrogens (tertiary/aromatic N) is 1. The van der Waals surface area contributed by atoms with Crippen LogP contribution in [0.15, 0.2) is 53.4 Å². The first kappa shape index (κ1) is 13.6. The van der Waals surface area contributed by atoms with Crippen LogP contribution in [0.1, 0.15) is 5.56 Å². The van der Waals surface area contributed by atoms with Crippen LogP contribution in [0.4, 0.5) is 11.4 Å². The van der Waals surface area contributed by atoms with Crippen molar-refractivity contribution in [3.63, 3.8) is 0 Å². The highest BCUT2D eigenvalue weighted by molar-refractivity contribution is 8.01. The number of rotatable bonds is 3. The predicted molar refractivity (Wildman–Crippen MR) is 81.5 cm³/mol. The lowest BCUT2D eigenvalue weighted by molar-refractivity contribution is -0.384. The molecule has 0 saturated carbocycles. The Morgan fingerprint density at radius 1 is 1.14 bits per heavy atom. The number of thioether (sulfide) groups is 1. The van der Waals surface area contributed by atoms with E-state index in [0.717, 1.165) is 16.1 Å². The SMILES string of the molecule is O=C1Nc2ccccc2SC1Cc1ccc([N+](=O)[O-])cc1. The monoisotopic (exact) mass is 300 g/mol. The van der Waals surface area contributed by atoms with E-state index in [2.05, 4.69) is 5.32 Å². The summed E-state index contributed by atoms with van der Waals surface area (Å²) in [6.07, 6.45) is 0.544. The van der Waals surface area contributed by atoms with Crippen molar-refractivity contribution in [1.82, 2.24) is 0 Å². The molecule has 6 heteroatoms. The lowest BCUT2D eigenvalue weighted by atomic mass is 10.1. The van der Waals surface area contributed by atoms with E-state index in [1.165, 1.54) is 23.9 Å². The van der Waals surface area contributed by atoms with Crippen molar-refractivity contribution >= 4 is 29.0 Å². The Kier molecular flexibility index (Phi) is 3.62. The van der Waals surface area contributed by atoms with Crippen LogP contribution >= 0.6 is 11.8 Å². The molecule has 1 aliphatic rings. The maximum atomic E-state index is 12.1. The molecule has 1 amide bonds.